The van der Waals surface area contributed by atoms with Gasteiger partial charge < -0.3 is 4.57 Å². The Labute approximate surface area is 159 Å². The van der Waals surface area contributed by atoms with Gasteiger partial charge in [0.1, 0.15) is 0 Å². The maximum absolute atomic E-state index is 4.36. The van der Waals surface area contributed by atoms with E-state index in [0.717, 1.165) is 27.9 Å². The van der Waals surface area contributed by atoms with E-state index in [1.54, 1.807) is 12.4 Å². The number of aromatic nitrogens is 2. The Hall–Kier alpha value is -4.01. The highest BCUT2D eigenvalue weighted by molar-refractivity contribution is 5.61. The van der Waals surface area contributed by atoms with Gasteiger partial charge in [0, 0.05) is 35.9 Å². The summed E-state index contributed by atoms with van der Waals surface area (Å²) in [5.41, 5.74) is 4.57. The minimum Gasteiger partial charge on any atom is -0.322 e. The number of hydrogen-bond acceptors (Lipinski definition) is 1. The second-order valence-corrected chi connectivity index (χ2v) is 5.91. The number of rotatable bonds is 1. The van der Waals surface area contributed by atoms with Crippen molar-refractivity contribution in [3.63, 3.8) is 0 Å². The van der Waals surface area contributed by atoms with Gasteiger partial charge in [0.15, 0.2) is 0 Å². The topological polar surface area (TPSA) is 17.8 Å². The Morgan fingerprint density at radius 3 is 1.52 bits per heavy atom. The molecule has 0 radical (unpaired) electrons. The van der Waals surface area contributed by atoms with E-state index in [0.29, 0.717) is 0 Å². The second kappa shape index (κ2) is 7.91. The van der Waals surface area contributed by atoms with Gasteiger partial charge in [-0.25, -0.2) is 0 Å². The molecule has 4 rings (SSSR count). The van der Waals surface area contributed by atoms with Crippen LogP contribution in [0.2, 0.25) is 0 Å². The molecule has 0 aliphatic rings. The molecule has 2 heterocycles. The van der Waals surface area contributed by atoms with Crippen molar-refractivity contribution < 1.29 is 0 Å². The third-order valence-corrected chi connectivity index (χ3v) is 4.01. The van der Waals surface area contributed by atoms with Gasteiger partial charge >= 0.3 is 0 Å². The fourth-order valence-electron chi connectivity index (χ4n) is 2.72. The van der Waals surface area contributed by atoms with E-state index >= 15 is 0 Å². The molecule has 2 aromatic heterocycles. The Bertz CT molecular complexity index is 1080. The van der Waals surface area contributed by atoms with Crippen LogP contribution < -0.4 is 0 Å². The van der Waals surface area contributed by atoms with Crippen LogP contribution in [0, 0.1) is 23.7 Å². The van der Waals surface area contributed by atoms with Crippen molar-refractivity contribution in [1.82, 2.24) is 9.55 Å². The first kappa shape index (κ1) is 16.5. The standard InChI is InChI=1S/C25H16N2/c1-3-9-21(10-4-1)13-15-23-19-26-20-24(25(23)27-17-7-8-18-27)16-14-22-11-5-2-6-12-22/h1-12,17-20H. The normalized spacial score (nSPS) is 9.63. The summed E-state index contributed by atoms with van der Waals surface area (Å²) in [5, 5.41) is 0. The van der Waals surface area contributed by atoms with Gasteiger partial charge in [-0.2, -0.15) is 0 Å². The van der Waals surface area contributed by atoms with Crippen LogP contribution in [0.3, 0.4) is 0 Å². The lowest BCUT2D eigenvalue weighted by atomic mass is 10.1. The van der Waals surface area contributed by atoms with Gasteiger partial charge in [0.05, 0.1) is 16.8 Å². The molecular weight excluding hydrogens is 328 g/mol. The molecular formula is C25H16N2. The lowest BCUT2D eigenvalue weighted by Crippen LogP contribution is -2.00. The molecule has 0 saturated heterocycles. The average Bonchev–Trinajstić information content (AvgIpc) is 3.26. The number of hydrogen-bond donors (Lipinski definition) is 0. The van der Waals surface area contributed by atoms with Crippen LogP contribution >= 0.6 is 0 Å². The van der Waals surface area contributed by atoms with Gasteiger partial charge in [-0.3, -0.25) is 4.98 Å². The maximum Gasteiger partial charge on any atom is 0.0796 e. The molecule has 2 heteroatoms. The summed E-state index contributed by atoms with van der Waals surface area (Å²) >= 11 is 0. The molecule has 0 saturated carbocycles. The molecule has 2 nitrogen and oxygen atoms in total. The van der Waals surface area contributed by atoms with Gasteiger partial charge in [-0.15, -0.1) is 0 Å². The molecule has 0 amide bonds. The summed E-state index contributed by atoms with van der Waals surface area (Å²) in [6.45, 7) is 0. The summed E-state index contributed by atoms with van der Waals surface area (Å²) in [5.74, 6) is 12.9. The van der Waals surface area contributed by atoms with Crippen LogP contribution in [-0.2, 0) is 0 Å². The fraction of sp³-hybridized carbons (Fsp3) is 0. The molecule has 0 aliphatic heterocycles. The third-order valence-electron chi connectivity index (χ3n) is 4.01. The Morgan fingerprint density at radius 2 is 1.04 bits per heavy atom. The Balaban J connectivity index is 1.81. The van der Waals surface area contributed by atoms with Crippen molar-refractivity contribution in [1.29, 1.82) is 0 Å². The zero-order valence-electron chi connectivity index (χ0n) is 14.6. The fourth-order valence-corrected chi connectivity index (χ4v) is 2.72. The minimum absolute atomic E-state index is 0.843. The van der Waals surface area contributed by atoms with Crippen LogP contribution in [0.15, 0.2) is 97.6 Å². The van der Waals surface area contributed by atoms with Crippen molar-refractivity contribution in [2.24, 2.45) is 0 Å². The summed E-state index contributed by atoms with van der Waals surface area (Å²) in [6.07, 6.45) is 7.57. The SMILES string of the molecule is C(#Cc1cncc(C#Cc2ccccc2)c1-n1cccc1)c1ccccc1. The zero-order valence-corrected chi connectivity index (χ0v) is 14.6. The van der Waals surface area contributed by atoms with Crippen LogP contribution in [-0.4, -0.2) is 9.55 Å². The number of nitrogens with zero attached hydrogens (tertiary/aromatic N) is 2. The van der Waals surface area contributed by atoms with Crippen molar-refractivity contribution in [2.75, 3.05) is 0 Å². The predicted molar refractivity (Wildman–Crippen MR) is 108 cm³/mol. The van der Waals surface area contributed by atoms with E-state index < -0.39 is 0 Å². The quantitative estimate of drug-likeness (QED) is 0.459. The molecule has 2 aromatic carbocycles. The minimum atomic E-state index is 0.843. The van der Waals surface area contributed by atoms with Gasteiger partial charge in [-0.1, -0.05) is 60.1 Å². The van der Waals surface area contributed by atoms with Crippen LogP contribution in [0.4, 0.5) is 0 Å². The van der Waals surface area contributed by atoms with E-state index in [2.05, 4.69) is 28.7 Å². The van der Waals surface area contributed by atoms with E-state index in [-0.39, 0.29) is 0 Å². The van der Waals surface area contributed by atoms with Gasteiger partial charge in [-0.05, 0) is 36.4 Å². The van der Waals surface area contributed by atoms with Crippen LogP contribution in [0.25, 0.3) is 5.69 Å². The molecule has 27 heavy (non-hydrogen) atoms. The molecule has 0 fully saturated rings. The van der Waals surface area contributed by atoms with E-state index in [1.165, 1.54) is 0 Å². The third kappa shape index (κ3) is 3.98. The molecule has 0 spiro atoms. The first-order valence-electron chi connectivity index (χ1n) is 8.66. The number of benzene rings is 2. The maximum atomic E-state index is 4.36. The lowest BCUT2D eigenvalue weighted by Gasteiger charge is -2.08. The Kier molecular flexibility index (Phi) is 4.82. The molecule has 0 bridgehead atoms. The average molecular weight is 344 g/mol. The molecule has 4 aromatic rings. The highest BCUT2D eigenvalue weighted by Gasteiger charge is 2.08. The zero-order chi connectivity index (χ0) is 18.3. The van der Waals surface area contributed by atoms with Crippen LogP contribution in [0.1, 0.15) is 22.3 Å². The van der Waals surface area contributed by atoms with Crippen molar-refractivity contribution in [3.8, 4) is 29.4 Å². The largest absolute Gasteiger partial charge is 0.322 e. The van der Waals surface area contributed by atoms with Gasteiger partial charge in [0.25, 0.3) is 0 Å². The molecule has 126 valence electrons. The number of pyridine rings is 1. The van der Waals surface area contributed by atoms with Crippen LogP contribution in [0.5, 0.6) is 0 Å². The summed E-state index contributed by atoms with van der Waals surface area (Å²) in [7, 11) is 0. The van der Waals surface area contributed by atoms with E-state index in [9.17, 15) is 0 Å². The first-order chi connectivity index (χ1) is 13.4. The lowest BCUT2D eigenvalue weighted by molar-refractivity contribution is 1.05. The smallest absolute Gasteiger partial charge is 0.0796 e. The van der Waals surface area contributed by atoms with Crippen molar-refractivity contribution >= 4 is 0 Å². The van der Waals surface area contributed by atoms with E-state index in [4.69, 9.17) is 0 Å². The summed E-state index contributed by atoms with van der Waals surface area (Å²) in [4.78, 5) is 4.36. The monoisotopic (exact) mass is 344 g/mol. The van der Waals surface area contributed by atoms with Gasteiger partial charge in [0.2, 0.25) is 0 Å². The molecule has 0 aliphatic carbocycles. The van der Waals surface area contributed by atoms with E-state index in [1.807, 2.05) is 89.8 Å². The predicted octanol–water partition coefficient (Wildman–Crippen LogP) is 4.67. The summed E-state index contributed by atoms with van der Waals surface area (Å²) < 4.78 is 2.03. The van der Waals surface area contributed by atoms with Crippen molar-refractivity contribution in [3.05, 3.63) is 120 Å². The Morgan fingerprint density at radius 1 is 0.556 bits per heavy atom. The molecule has 0 atom stereocenters. The van der Waals surface area contributed by atoms with Crippen molar-refractivity contribution in [2.45, 2.75) is 0 Å². The molecule has 0 unspecified atom stereocenters. The second-order valence-electron chi connectivity index (χ2n) is 5.91. The summed E-state index contributed by atoms with van der Waals surface area (Å²) in [6, 6.07) is 23.9. The highest BCUT2D eigenvalue weighted by Crippen LogP contribution is 2.18. The molecule has 0 N–H and O–H groups in total. The first-order valence-corrected chi connectivity index (χ1v) is 8.66. The highest BCUT2D eigenvalue weighted by atomic mass is 15.0.